The third-order valence-corrected chi connectivity index (χ3v) is 7.17. The average Bonchev–Trinajstić information content (AvgIpc) is 2.93. The Bertz CT molecular complexity index is 1560. The van der Waals surface area contributed by atoms with Crippen molar-refractivity contribution in [1.82, 2.24) is 14.8 Å². The standard InChI is InChI=1S/C31H36N4O5/c1-20-16-26-30(37)25-8-7-23(18-27(25)40-31(26)28(17-20)38-15-14-34(2)3)39-24-6-4-22(33-19-24)5-9-29(36)35-12-10-21(32)11-13-35/h4,6-8,16-19,21H,5,9-15,32H2,1-3H3. The average molecular weight is 545 g/mol. The van der Waals surface area contributed by atoms with E-state index in [1.54, 1.807) is 24.4 Å². The molecule has 0 bridgehead atoms. The molecule has 1 amide bonds. The minimum Gasteiger partial charge on any atom is -0.488 e. The number of benzene rings is 2. The van der Waals surface area contributed by atoms with Gasteiger partial charge in [0.05, 0.1) is 17.0 Å². The zero-order valence-corrected chi connectivity index (χ0v) is 23.3. The summed E-state index contributed by atoms with van der Waals surface area (Å²) in [5, 5.41) is 0.960. The van der Waals surface area contributed by atoms with Crippen LogP contribution >= 0.6 is 0 Å². The van der Waals surface area contributed by atoms with E-state index in [0.717, 1.165) is 43.7 Å². The first-order chi connectivity index (χ1) is 19.3. The highest BCUT2D eigenvalue weighted by Gasteiger charge is 2.20. The van der Waals surface area contributed by atoms with Crippen LogP contribution in [0.1, 0.15) is 30.5 Å². The van der Waals surface area contributed by atoms with Gasteiger partial charge in [-0.3, -0.25) is 14.6 Å². The van der Waals surface area contributed by atoms with Crippen molar-refractivity contribution in [3.8, 4) is 17.2 Å². The van der Waals surface area contributed by atoms with Crippen LogP contribution in [0.5, 0.6) is 17.2 Å². The minimum absolute atomic E-state index is 0.114. The van der Waals surface area contributed by atoms with Crippen LogP contribution in [0.25, 0.3) is 21.9 Å². The monoisotopic (exact) mass is 544 g/mol. The molecule has 1 aliphatic rings. The first-order valence-corrected chi connectivity index (χ1v) is 13.7. The van der Waals surface area contributed by atoms with Gasteiger partial charge < -0.3 is 29.4 Å². The smallest absolute Gasteiger partial charge is 0.222 e. The number of ether oxygens (including phenoxy) is 2. The van der Waals surface area contributed by atoms with Crippen LogP contribution in [0.15, 0.2) is 57.9 Å². The highest BCUT2D eigenvalue weighted by Crippen LogP contribution is 2.31. The number of nitrogens with two attached hydrogens (primary N) is 1. The molecule has 0 unspecified atom stereocenters. The van der Waals surface area contributed by atoms with Crippen LogP contribution < -0.4 is 20.6 Å². The van der Waals surface area contributed by atoms with Crippen molar-refractivity contribution in [1.29, 1.82) is 0 Å². The fourth-order valence-electron chi connectivity index (χ4n) is 4.85. The van der Waals surface area contributed by atoms with Gasteiger partial charge in [-0.15, -0.1) is 0 Å². The first-order valence-electron chi connectivity index (χ1n) is 13.7. The number of nitrogens with zero attached hydrogens (tertiary/aromatic N) is 3. The minimum atomic E-state index is -0.114. The molecule has 1 fully saturated rings. The number of hydrogen-bond acceptors (Lipinski definition) is 8. The summed E-state index contributed by atoms with van der Waals surface area (Å²) in [4.78, 5) is 34.2. The molecule has 4 aromatic rings. The molecule has 1 saturated heterocycles. The van der Waals surface area contributed by atoms with Crippen LogP contribution in [-0.4, -0.2) is 67.1 Å². The van der Waals surface area contributed by atoms with E-state index in [2.05, 4.69) is 4.98 Å². The van der Waals surface area contributed by atoms with Crippen molar-refractivity contribution in [2.24, 2.45) is 5.73 Å². The zero-order chi connectivity index (χ0) is 28.2. The summed E-state index contributed by atoms with van der Waals surface area (Å²) in [6, 6.07) is 12.8. The molecule has 5 rings (SSSR count). The number of piperidine rings is 1. The van der Waals surface area contributed by atoms with Gasteiger partial charge in [-0.2, -0.15) is 0 Å². The molecule has 40 heavy (non-hydrogen) atoms. The SMILES string of the molecule is Cc1cc(OCCN(C)C)c2oc3cc(Oc4ccc(CCC(=O)N5CCC(N)CC5)nc4)ccc3c(=O)c2c1. The van der Waals surface area contributed by atoms with E-state index in [1.165, 1.54) is 0 Å². The van der Waals surface area contributed by atoms with Gasteiger partial charge in [-0.25, -0.2) is 0 Å². The summed E-state index contributed by atoms with van der Waals surface area (Å²) < 4.78 is 18.2. The molecule has 0 saturated carbocycles. The Kier molecular flexibility index (Phi) is 8.32. The molecule has 9 nitrogen and oxygen atoms in total. The summed E-state index contributed by atoms with van der Waals surface area (Å²) in [7, 11) is 3.95. The highest BCUT2D eigenvalue weighted by molar-refractivity contribution is 5.93. The fourth-order valence-corrected chi connectivity index (χ4v) is 4.85. The third kappa shape index (κ3) is 6.43. The molecule has 0 aliphatic carbocycles. The molecule has 0 radical (unpaired) electrons. The van der Waals surface area contributed by atoms with Crippen molar-refractivity contribution < 1.29 is 18.7 Å². The van der Waals surface area contributed by atoms with Crippen molar-refractivity contribution in [3.63, 3.8) is 0 Å². The van der Waals surface area contributed by atoms with Gasteiger partial charge in [0, 0.05) is 43.9 Å². The Morgan fingerprint density at radius 2 is 1.88 bits per heavy atom. The quantitative estimate of drug-likeness (QED) is 0.311. The second-order valence-corrected chi connectivity index (χ2v) is 10.7. The molecule has 0 atom stereocenters. The number of likely N-dealkylation sites (N-methyl/N-ethyl adjacent to an activating group) is 1. The molecule has 1 aliphatic heterocycles. The van der Waals surface area contributed by atoms with Crippen LogP contribution in [0.4, 0.5) is 0 Å². The zero-order valence-electron chi connectivity index (χ0n) is 23.3. The van der Waals surface area contributed by atoms with Crippen LogP contribution in [0.2, 0.25) is 0 Å². The molecule has 0 spiro atoms. The van der Waals surface area contributed by atoms with E-state index in [-0.39, 0.29) is 17.4 Å². The van der Waals surface area contributed by atoms with Crippen molar-refractivity contribution in [2.75, 3.05) is 40.3 Å². The molecule has 3 heterocycles. The van der Waals surface area contributed by atoms with E-state index >= 15 is 0 Å². The predicted molar refractivity (Wildman–Crippen MR) is 155 cm³/mol. The van der Waals surface area contributed by atoms with Gasteiger partial charge in [0.25, 0.3) is 0 Å². The summed E-state index contributed by atoms with van der Waals surface area (Å²) in [5.41, 5.74) is 8.41. The van der Waals surface area contributed by atoms with Crippen LogP contribution in [0.3, 0.4) is 0 Å². The Morgan fingerprint density at radius 1 is 1.10 bits per heavy atom. The van der Waals surface area contributed by atoms with Crippen molar-refractivity contribution >= 4 is 27.8 Å². The highest BCUT2D eigenvalue weighted by atomic mass is 16.5. The molecule has 210 valence electrons. The summed E-state index contributed by atoms with van der Waals surface area (Å²) in [6.07, 6.45) is 4.33. The number of rotatable bonds is 9. The number of amides is 1. The molecule has 2 aromatic heterocycles. The Labute approximate surface area is 233 Å². The molecular weight excluding hydrogens is 508 g/mol. The summed E-state index contributed by atoms with van der Waals surface area (Å²) in [5.74, 6) is 1.75. The number of aryl methyl sites for hydroxylation is 2. The number of likely N-dealkylation sites (tertiary alicyclic amines) is 1. The Morgan fingerprint density at radius 3 is 2.60 bits per heavy atom. The van der Waals surface area contributed by atoms with E-state index in [0.29, 0.717) is 58.6 Å². The molecule has 9 heteroatoms. The lowest BCUT2D eigenvalue weighted by Crippen LogP contribution is -2.42. The molecular formula is C31H36N4O5. The normalized spacial score (nSPS) is 14.3. The van der Waals surface area contributed by atoms with Gasteiger partial charge in [0.15, 0.2) is 11.3 Å². The summed E-state index contributed by atoms with van der Waals surface area (Å²) >= 11 is 0. The van der Waals surface area contributed by atoms with E-state index in [4.69, 9.17) is 19.6 Å². The van der Waals surface area contributed by atoms with Gasteiger partial charge in [0.2, 0.25) is 11.3 Å². The lowest BCUT2D eigenvalue weighted by Gasteiger charge is -2.30. The van der Waals surface area contributed by atoms with Gasteiger partial charge in [0.1, 0.15) is 23.7 Å². The van der Waals surface area contributed by atoms with Crippen LogP contribution in [-0.2, 0) is 11.2 Å². The maximum absolute atomic E-state index is 13.3. The second kappa shape index (κ2) is 12.1. The van der Waals surface area contributed by atoms with Gasteiger partial charge >= 0.3 is 0 Å². The topological polar surface area (TPSA) is 111 Å². The lowest BCUT2D eigenvalue weighted by molar-refractivity contribution is -0.132. The van der Waals surface area contributed by atoms with E-state index in [9.17, 15) is 9.59 Å². The van der Waals surface area contributed by atoms with E-state index in [1.807, 2.05) is 55.1 Å². The number of carbonyl (C=O) groups excluding carboxylic acids is 1. The van der Waals surface area contributed by atoms with Crippen molar-refractivity contribution in [2.45, 2.75) is 38.6 Å². The van der Waals surface area contributed by atoms with Gasteiger partial charge in [-0.05, 0) is 82.2 Å². The van der Waals surface area contributed by atoms with Gasteiger partial charge in [-0.1, -0.05) is 0 Å². The molecule has 2 aromatic carbocycles. The van der Waals surface area contributed by atoms with E-state index < -0.39 is 0 Å². The summed E-state index contributed by atoms with van der Waals surface area (Å²) in [6.45, 7) is 4.60. The third-order valence-electron chi connectivity index (χ3n) is 7.17. The Hall–Kier alpha value is -3.95. The second-order valence-electron chi connectivity index (χ2n) is 10.7. The number of fused-ring (bicyclic) bond motifs is 2. The largest absolute Gasteiger partial charge is 0.488 e. The fraction of sp³-hybridized carbons (Fsp3) is 0.387. The van der Waals surface area contributed by atoms with Crippen LogP contribution in [0, 0.1) is 6.92 Å². The first kappa shape index (κ1) is 27.6. The number of carbonyl (C=O) groups is 1. The predicted octanol–water partition coefficient (Wildman–Crippen LogP) is 4.26. The van der Waals surface area contributed by atoms with Crippen molar-refractivity contribution in [3.05, 3.63) is 70.1 Å². The number of hydrogen-bond donors (Lipinski definition) is 1. The number of aromatic nitrogens is 1. The maximum Gasteiger partial charge on any atom is 0.222 e. The maximum atomic E-state index is 13.3. The lowest BCUT2D eigenvalue weighted by atomic mass is 10.1. The Balaban J connectivity index is 1.29. The number of pyridine rings is 1. The molecule has 2 N–H and O–H groups in total.